The van der Waals surface area contributed by atoms with Gasteiger partial charge < -0.3 is 15.2 Å². The quantitative estimate of drug-likeness (QED) is 0.304. The van der Waals surface area contributed by atoms with E-state index in [1.54, 1.807) is 42.5 Å². The molecule has 33 heavy (non-hydrogen) atoms. The molecular formula is C26H18ClNO5. The highest BCUT2D eigenvalue weighted by atomic mass is 35.5. The largest absolute Gasteiger partial charge is 0.507 e. The second-order valence-electron chi connectivity index (χ2n) is 7.23. The first-order valence-electron chi connectivity index (χ1n) is 10.0. The number of benzene rings is 4. The normalized spacial score (nSPS) is 10.6. The molecule has 164 valence electrons. The summed E-state index contributed by atoms with van der Waals surface area (Å²) in [5, 5.41) is 14.6. The van der Waals surface area contributed by atoms with Crippen LogP contribution in [0.1, 0.15) is 26.3 Å². The van der Waals surface area contributed by atoms with Gasteiger partial charge in [-0.1, -0.05) is 66.2 Å². The number of hydrogen-bond donors (Lipinski definition) is 2. The summed E-state index contributed by atoms with van der Waals surface area (Å²) in [5.74, 6) is -2.04. The minimum absolute atomic E-state index is 0.0482. The van der Waals surface area contributed by atoms with Gasteiger partial charge in [0.2, 0.25) is 0 Å². The van der Waals surface area contributed by atoms with E-state index in [2.05, 4.69) is 5.32 Å². The number of phenols is 1. The Hall–Kier alpha value is -4.16. The van der Waals surface area contributed by atoms with Gasteiger partial charge in [-0.25, -0.2) is 4.79 Å². The van der Waals surface area contributed by atoms with Gasteiger partial charge in [0.1, 0.15) is 11.3 Å². The molecular weight excluding hydrogens is 442 g/mol. The van der Waals surface area contributed by atoms with Gasteiger partial charge in [-0.2, -0.15) is 0 Å². The van der Waals surface area contributed by atoms with Crippen LogP contribution in [-0.2, 0) is 9.53 Å². The van der Waals surface area contributed by atoms with Crippen LogP contribution in [0.25, 0.3) is 10.8 Å². The lowest BCUT2D eigenvalue weighted by atomic mass is 10.0. The molecule has 0 aliphatic carbocycles. The first-order chi connectivity index (χ1) is 15.9. The molecule has 7 heteroatoms. The fourth-order valence-electron chi connectivity index (χ4n) is 3.35. The molecule has 0 aromatic heterocycles. The average Bonchev–Trinajstić information content (AvgIpc) is 2.83. The predicted octanol–water partition coefficient (Wildman–Crippen LogP) is 5.23. The zero-order valence-electron chi connectivity index (χ0n) is 17.2. The van der Waals surface area contributed by atoms with Crippen molar-refractivity contribution in [1.82, 2.24) is 0 Å². The molecule has 0 heterocycles. The van der Waals surface area contributed by atoms with E-state index in [4.69, 9.17) is 16.3 Å². The predicted molar refractivity (Wildman–Crippen MR) is 126 cm³/mol. The molecule has 0 spiro atoms. The first-order valence-corrected chi connectivity index (χ1v) is 10.4. The Labute approximate surface area is 194 Å². The highest BCUT2D eigenvalue weighted by Crippen LogP contribution is 2.26. The van der Waals surface area contributed by atoms with E-state index in [1.807, 2.05) is 12.1 Å². The summed E-state index contributed by atoms with van der Waals surface area (Å²) in [6.45, 7) is -0.604. The second kappa shape index (κ2) is 9.54. The fourth-order valence-corrected chi connectivity index (χ4v) is 3.52. The number of ether oxygens (including phenoxy) is 1. The van der Waals surface area contributed by atoms with Crippen LogP contribution in [0, 0.1) is 0 Å². The number of fused-ring (bicyclic) bond motifs is 1. The van der Waals surface area contributed by atoms with Gasteiger partial charge in [0.15, 0.2) is 12.4 Å². The summed E-state index contributed by atoms with van der Waals surface area (Å²) < 4.78 is 5.08. The number of nitrogens with one attached hydrogen (secondary N) is 1. The molecule has 1 amide bonds. The Balaban J connectivity index is 1.47. The van der Waals surface area contributed by atoms with E-state index in [1.165, 1.54) is 30.3 Å². The van der Waals surface area contributed by atoms with Crippen LogP contribution in [0.15, 0.2) is 84.9 Å². The van der Waals surface area contributed by atoms with Gasteiger partial charge >= 0.3 is 5.97 Å². The maximum absolute atomic E-state index is 12.9. The topological polar surface area (TPSA) is 92.7 Å². The molecule has 4 aromatic rings. The van der Waals surface area contributed by atoms with Crippen molar-refractivity contribution in [3.05, 3.63) is 107 Å². The van der Waals surface area contributed by atoms with E-state index < -0.39 is 18.5 Å². The van der Waals surface area contributed by atoms with Crippen LogP contribution in [0.5, 0.6) is 5.75 Å². The third kappa shape index (κ3) is 5.02. The molecule has 0 atom stereocenters. The van der Waals surface area contributed by atoms with Gasteiger partial charge in [-0.3, -0.25) is 9.59 Å². The lowest BCUT2D eigenvalue weighted by Gasteiger charge is -2.12. The number of esters is 1. The zero-order valence-corrected chi connectivity index (χ0v) is 18.0. The number of amides is 1. The van der Waals surface area contributed by atoms with Gasteiger partial charge in [-0.05, 0) is 41.1 Å². The van der Waals surface area contributed by atoms with Gasteiger partial charge in [0.05, 0.1) is 5.69 Å². The van der Waals surface area contributed by atoms with Crippen molar-refractivity contribution in [3.8, 4) is 5.75 Å². The minimum atomic E-state index is -0.843. The number of carbonyl (C=O) groups is 3. The van der Waals surface area contributed by atoms with E-state index in [0.717, 1.165) is 10.8 Å². The molecule has 0 saturated heterocycles. The standard InChI is InChI=1S/C26H18ClNO5/c27-19-10-11-22(20(14-19)25(31)16-6-2-1-3-7-16)28-24(30)15-33-26(32)21-12-17-8-4-5-9-18(17)13-23(21)29/h1-14,29H,15H2,(H,28,30). The summed E-state index contributed by atoms with van der Waals surface area (Å²) in [6.07, 6.45) is 0. The number of phenolic OH excluding ortho intramolecular Hbond substituents is 1. The number of rotatable bonds is 6. The van der Waals surface area contributed by atoms with Crippen molar-refractivity contribution < 1.29 is 24.2 Å². The van der Waals surface area contributed by atoms with Crippen molar-refractivity contribution in [2.24, 2.45) is 0 Å². The molecule has 2 N–H and O–H groups in total. The van der Waals surface area contributed by atoms with Crippen LogP contribution in [-0.4, -0.2) is 29.4 Å². The van der Waals surface area contributed by atoms with Crippen molar-refractivity contribution in [1.29, 1.82) is 0 Å². The van der Waals surface area contributed by atoms with Crippen molar-refractivity contribution >= 4 is 45.7 Å². The van der Waals surface area contributed by atoms with Gasteiger partial charge in [0.25, 0.3) is 5.91 Å². The summed E-state index contributed by atoms with van der Waals surface area (Å²) >= 11 is 6.05. The SMILES string of the molecule is O=C(COC(=O)c1cc2ccccc2cc1O)Nc1ccc(Cl)cc1C(=O)c1ccccc1. The van der Waals surface area contributed by atoms with E-state index in [9.17, 15) is 19.5 Å². The molecule has 0 fully saturated rings. The van der Waals surface area contributed by atoms with Crippen LogP contribution >= 0.6 is 11.6 Å². The third-order valence-corrected chi connectivity index (χ3v) is 5.19. The average molecular weight is 460 g/mol. The Kier molecular flexibility index (Phi) is 6.38. The number of aromatic hydroxyl groups is 1. The molecule has 6 nitrogen and oxygen atoms in total. The molecule has 0 bridgehead atoms. The summed E-state index contributed by atoms with van der Waals surface area (Å²) in [6, 6.07) is 23.3. The Bertz CT molecular complexity index is 1370. The zero-order chi connectivity index (χ0) is 23.4. The molecule has 0 aliphatic heterocycles. The summed E-state index contributed by atoms with van der Waals surface area (Å²) in [7, 11) is 0. The number of hydrogen-bond acceptors (Lipinski definition) is 5. The number of ketones is 1. The Morgan fingerprint density at radius 2 is 1.48 bits per heavy atom. The van der Waals surface area contributed by atoms with E-state index in [0.29, 0.717) is 10.6 Å². The number of anilines is 1. The number of halogens is 1. The molecule has 4 aromatic carbocycles. The maximum Gasteiger partial charge on any atom is 0.342 e. The van der Waals surface area contributed by atoms with Gasteiger partial charge in [0, 0.05) is 16.1 Å². The van der Waals surface area contributed by atoms with E-state index >= 15 is 0 Å². The third-order valence-electron chi connectivity index (χ3n) is 4.95. The molecule has 0 saturated carbocycles. The lowest BCUT2D eigenvalue weighted by Crippen LogP contribution is -2.22. The number of carbonyl (C=O) groups excluding carboxylic acids is 3. The molecule has 0 radical (unpaired) electrons. The smallest absolute Gasteiger partial charge is 0.342 e. The van der Waals surface area contributed by atoms with Crippen molar-refractivity contribution in [3.63, 3.8) is 0 Å². The van der Waals surface area contributed by atoms with E-state index in [-0.39, 0.29) is 28.3 Å². The maximum atomic E-state index is 12.9. The van der Waals surface area contributed by atoms with Crippen LogP contribution < -0.4 is 5.32 Å². The first kappa shape index (κ1) is 22.0. The Morgan fingerprint density at radius 3 is 2.21 bits per heavy atom. The minimum Gasteiger partial charge on any atom is -0.507 e. The molecule has 0 unspecified atom stereocenters. The van der Waals surface area contributed by atoms with Crippen LogP contribution in [0.2, 0.25) is 5.02 Å². The van der Waals surface area contributed by atoms with Crippen molar-refractivity contribution in [2.45, 2.75) is 0 Å². The van der Waals surface area contributed by atoms with Gasteiger partial charge in [-0.15, -0.1) is 0 Å². The monoisotopic (exact) mass is 459 g/mol. The summed E-state index contributed by atoms with van der Waals surface area (Å²) in [4.78, 5) is 37.8. The molecule has 4 rings (SSSR count). The van der Waals surface area contributed by atoms with Crippen LogP contribution in [0.4, 0.5) is 5.69 Å². The second-order valence-corrected chi connectivity index (χ2v) is 7.66. The fraction of sp³-hybridized carbons (Fsp3) is 0.0385. The van der Waals surface area contributed by atoms with Crippen LogP contribution in [0.3, 0.4) is 0 Å². The summed E-state index contributed by atoms with van der Waals surface area (Å²) in [5.41, 5.74) is 0.838. The highest BCUT2D eigenvalue weighted by Gasteiger charge is 2.18. The lowest BCUT2D eigenvalue weighted by molar-refractivity contribution is -0.119. The molecule has 0 aliphatic rings. The Morgan fingerprint density at radius 1 is 0.818 bits per heavy atom. The highest BCUT2D eigenvalue weighted by molar-refractivity contribution is 6.31. The van der Waals surface area contributed by atoms with Crippen molar-refractivity contribution in [2.75, 3.05) is 11.9 Å².